The third kappa shape index (κ3) is 8.38. The molecule has 6 rings (SSSR count). The van der Waals surface area contributed by atoms with Gasteiger partial charge >= 0.3 is 0 Å². The third-order valence-electron chi connectivity index (χ3n) is 9.31. The summed E-state index contributed by atoms with van der Waals surface area (Å²) < 4.78 is 28.2. The Morgan fingerprint density at radius 1 is 0.519 bits per heavy atom. The zero-order valence-corrected chi connectivity index (χ0v) is 30.9. The second kappa shape index (κ2) is 15.6. The Morgan fingerprint density at radius 2 is 0.942 bits per heavy atom. The summed E-state index contributed by atoms with van der Waals surface area (Å²) in [6.45, 7) is 8.55. The average molecular weight is 698 g/mol. The highest BCUT2D eigenvalue weighted by Crippen LogP contribution is 2.37. The monoisotopic (exact) mass is 697 g/mol. The molecule has 258 valence electrons. The van der Waals surface area contributed by atoms with E-state index in [1.807, 2.05) is 97.1 Å². The van der Waals surface area contributed by atoms with Gasteiger partial charge in [-0.1, -0.05) is 133 Å². The number of para-hydroxylation sites is 2. The van der Waals surface area contributed by atoms with Gasteiger partial charge in [-0.25, -0.2) is 8.42 Å². The molecule has 0 heterocycles. The molecule has 6 aromatic carbocycles. The van der Waals surface area contributed by atoms with Crippen molar-refractivity contribution in [2.24, 2.45) is 0 Å². The van der Waals surface area contributed by atoms with Crippen LogP contribution in [0.15, 0.2) is 175 Å². The first-order valence-electron chi connectivity index (χ1n) is 17.5. The number of sulfone groups is 1. The van der Waals surface area contributed by atoms with Crippen molar-refractivity contribution in [1.29, 1.82) is 0 Å². The van der Waals surface area contributed by atoms with Gasteiger partial charge < -0.3 is 4.90 Å². The van der Waals surface area contributed by atoms with Crippen molar-refractivity contribution < 1.29 is 8.42 Å². The minimum atomic E-state index is -3.74. The summed E-state index contributed by atoms with van der Waals surface area (Å²) in [5, 5.41) is -0.847. The van der Waals surface area contributed by atoms with E-state index in [2.05, 4.69) is 105 Å². The largest absolute Gasteiger partial charge is 0.311 e. The highest BCUT2D eigenvalue weighted by atomic mass is 32.2. The maximum absolute atomic E-state index is 14.1. The van der Waals surface area contributed by atoms with Crippen molar-refractivity contribution >= 4 is 26.9 Å². The Hall–Kier alpha value is -5.81. The van der Waals surface area contributed by atoms with Gasteiger partial charge in [0.15, 0.2) is 9.84 Å². The molecule has 0 aliphatic heterocycles. The van der Waals surface area contributed by atoms with Crippen LogP contribution in [-0.4, -0.2) is 8.42 Å². The summed E-state index contributed by atoms with van der Waals surface area (Å²) in [7, 11) is -3.74. The van der Waals surface area contributed by atoms with Crippen LogP contribution in [0.5, 0.6) is 0 Å². The van der Waals surface area contributed by atoms with Gasteiger partial charge in [-0.2, -0.15) is 0 Å². The van der Waals surface area contributed by atoms with Crippen LogP contribution < -0.4 is 4.90 Å². The highest BCUT2D eigenvalue weighted by molar-refractivity contribution is 7.91. The number of nitrogens with zero attached hydrogens (tertiary/aromatic N) is 1. The van der Waals surface area contributed by atoms with E-state index in [1.165, 1.54) is 5.56 Å². The number of hydrogen-bond acceptors (Lipinski definition) is 3. The van der Waals surface area contributed by atoms with Crippen LogP contribution >= 0.6 is 0 Å². The lowest BCUT2D eigenvalue weighted by Gasteiger charge is -2.26. The van der Waals surface area contributed by atoms with Gasteiger partial charge in [0.1, 0.15) is 5.25 Å². The molecule has 4 heteroatoms. The van der Waals surface area contributed by atoms with Crippen LogP contribution in [0.2, 0.25) is 0 Å². The number of rotatable bonds is 9. The van der Waals surface area contributed by atoms with E-state index in [-0.39, 0.29) is 22.1 Å². The molecule has 0 bridgehead atoms. The second-order valence-corrected chi connectivity index (χ2v) is 16.0. The van der Waals surface area contributed by atoms with E-state index in [9.17, 15) is 8.42 Å². The number of hydrogen-bond donors (Lipinski definition) is 0. The lowest BCUT2D eigenvalue weighted by molar-refractivity contribution is 0.583. The summed E-state index contributed by atoms with van der Waals surface area (Å²) in [6.07, 6.45) is 0.144. The molecule has 0 aromatic heterocycles. The van der Waals surface area contributed by atoms with Gasteiger partial charge in [-0.3, -0.25) is 0 Å². The predicted molar refractivity (Wildman–Crippen MR) is 216 cm³/mol. The summed E-state index contributed by atoms with van der Waals surface area (Å²) in [4.78, 5) is 2.44. The fourth-order valence-electron chi connectivity index (χ4n) is 6.15. The normalized spacial score (nSPS) is 12.1. The third-order valence-corrected chi connectivity index (χ3v) is 11.4. The summed E-state index contributed by atoms with van der Waals surface area (Å²) in [5.41, 5.74) is 6.12. The summed E-state index contributed by atoms with van der Waals surface area (Å²) in [5.74, 6) is 13.5. The van der Waals surface area contributed by atoms with Crippen molar-refractivity contribution in [2.45, 2.75) is 55.1 Å². The molecule has 0 saturated heterocycles. The Labute approximate surface area is 309 Å². The van der Waals surface area contributed by atoms with Gasteiger partial charge in [-0.05, 0) is 105 Å². The molecule has 0 amide bonds. The Balaban J connectivity index is 1.26. The van der Waals surface area contributed by atoms with Crippen molar-refractivity contribution in [2.75, 3.05) is 4.90 Å². The molecule has 0 saturated carbocycles. The fraction of sp³-hybridized carbons (Fsp3) is 0.167. The molecule has 1 unspecified atom stereocenters. The maximum atomic E-state index is 14.1. The molecule has 0 fully saturated rings. The standard InChI is InChI=1S/C48H43NO2S/c1-47(2,40-19-9-5-10-20-40)36-37-48(3,4)41-32-28-38(29-33-41)18-17-27-46(52(50,51)45-25-15-8-16-26-45)39-30-34-44(35-31-39)49(42-21-11-6-12-22-42)43-23-13-7-14-24-43/h5-16,19-26,28-35,46H,27H2,1-4H3. The molecule has 6 aromatic rings. The molecular formula is C48H43NO2S. The molecular weight excluding hydrogens is 655 g/mol. The smallest absolute Gasteiger partial charge is 0.186 e. The first-order chi connectivity index (χ1) is 25.0. The van der Waals surface area contributed by atoms with E-state index in [0.717, 1.165) is 28.2 Å². The fourth-order valence-corrected chi connectivity index (χ4v) is 7.83. The summed E-state index contributed by atoms with van der Waals surface area (Å²) >= 11 is 0. The van der Waals surface area contributed by atoms with Crippen LogP contribution in [-0.2, 0) is 20.7 Å². The van der Waals surface area contributed by atoms with Crippen molar-refractivity contribution in [3.8, 4) is 23.7 Å². The lowest BCUT2D eigenvalue weighted by Crippen LogP contribution is -2.18. The van der Waals surface area contributed by atoms with E-state index in [0.29, 0.717) is 5.56 Å². The quantitative estimate of drug-likeness (QED) is 0.141. The van der Waals surface area contributed by atoms with Crippen molar-refractivity contribution in [3.05, 3.63) is 192 Å². The maximum Gasteiger partial charge on any atom is 0.186 e. The minimum Gasteiger partial charge on any atom is -0.311 e. The SMILES string of the molecule is CC(C)(C#CC(C)(C)c1ccc(C#CCC(c2ccc(N(c3ccccc3)c3ccccc3)cc2)S(=O)(=O)c2ccccc2)cc1)c1ccccc1. The average Bonchev–Trinajstić information content (AvgIpc) is 3.18. The molecule has 52 heavy (non-hydrogen) atoms. The molecule has 0 radical (unpaired) electrons. The minimum absolute atomic E-state index is 0.144. The number of anilines is 3. The highest BCUT2D eigenvalue weighted by Gasteiger charge is 2.29. The van der Waals surface area contributed by atoms with Crippen molar-refractivity contribution in [3.63, 3.8) is 0 Å². The first kappa shape index (κ1) is 36.0. The Kier molecular flexibility index (Phi) is 10.8. The van der Waals surface area contributed by atoms with Crippen LogP contribution in [0.3, 0.4) is 0 Å². The van der Waals surface area contributed by atoms with Crippen LogP contribution in [0.25, 0.3) is 0 Å². The second-order valence-electron chi connectivity index (χ2n) is 13.9. The summed E-state index contributed by atoms with van der Waals surface area (Å²) in [6, 6.07) is 55.2. The topological polar surface area (TPSA) is 37.4 Å². The molecule has 0 N–H and O–H groups in total. The van der Waals surface area contributed by atoms with E-state index in [1.54, 1.807) is 24.3 Å². The van der Waals surface area contributed by atoms with Crippen molar-refractivity contribution in [1.82, 2.24) is 0 Å². The number of benzene rings is 6. The molecule has 3 nitrogen and oxygen atoms in total. The van der Waals surface area contributed by atoms with Gasteiger partial charge in [0.05, 0.1) is 15.7 Å². The van der Waals surface area contributed by atoms with Crippen LogP contribution in [0.4, 0.5) is 17.1 Å². The van der Waals surface area contributed by atoms with E-state index < -0.39 is 15.1 Å². The zero-order chi connectivity index (χ0) is 36.6. The van der Waals surface area contributed by atoms with E-state index in [4.69, 9.17) is 0 Å². The molecule has 1 atom stereocenters. The van der Waals surface area contributed by atoms with Crippen LogP contribution in [0, 0.1) is 23.7 Å². The predicted octanol–water partition coefficient (Wildman–Crippen LogP) is 11.4. The van der Waals surface area contributed by atoms with Crippen LogP contribution in [0.1, 0.15) is 61.6 Å². The molecule has 0 spiro atoms. The van der Waals surface area contributed by atoms with Gasteiger partial charge in [0.25, 0.3) is 0 Å². The first-order valence-corrected chi connectivity index (χ1v) is 19.1. The zero-order valence-electron chi connectivity index (χ0n) is 30.1. The lowest BCUT2D eigenvalue weighted by atomic mass is 9.80. The molecule has 0 aliphatic carbocycles. The van der Waals surface area contributed by atoms with Gasteiger partial charge in [0, 0.05) is 29.0 Å². The van der Waals surface area contributed by atoms with E-state index >= 15 is 0 Å². The van der Waals surface area contributed by atoms with Gasteiger partial charge in [0.2, 0.25) is 0 Å². The molecule has 0 aliphatic rings. The Bertz CT molecular complexity index is 2270. The van der Waals surface area contributed by atoms with Gasteiger partial charge in [-0.15, -0.1) is 0 Å². The Morgan fingerprint density at radius 3 is 1.44 bits per heavy atom.